The Morgan fingerprint density at radius 2 is 1.87 bits per heavy atom. The van der Waals surface area contributed by atoms with Crippen molar-refractivity contribution in [3.8, 4) is 0 Å². The number of benzene rings is 1. The standard InChI is InChI=1S/C22H27N3O5S/c1-2-30-22(27)24-10-8-19(9-11-24)31(28,29)25-14-17-12-20(23-13-18(17)15-25)21(26)16-6-4-3-5-7-16/h3-7,12-13,19,21,26H,2,8-11,14-15H2,1H3. The number of likely N-dealkylation sites (tertiary alicyclic amines) is 1. The number of piperidine rings is 1. The number of carbonyl (C=O) groups is 1. The van der Waals surface area contributed by atoms with Gasteiger partial charge in [0.1, 0.15) is 6.10 Å². The lowest BCUT2D eigenvalue weighted by Crippen LogP contribution is -2.45. The van der Waals surface area contributed by atoms with Crippen molar-refractivity contribution in [2.75, 3.05) is 19.7 Å². The maximum atomic E-state index is 13.2. The zero-order chi connectivity index (χ0) is 22.0. The number of sulfonamides is 1. The molecule has 0 aliphatic carbocycles. The van der Waals surface area contributed by atoms with Gasteiger partial charge >= 0.3 is 6.09 Å². The molecule has 8 nitrogen and oxygen atoms in total. The van der Waals surface area contributed by atoms with Crippen molar-refractivity contribution in [3.63, 3.8) is 0 Å². The number of hydrogen-bond donors (Lipinski definition) is 1. The van der Waals surface area contributed by atoms with Crippen LogP contribution < -0.4 is 0 Å². The summed E-state index contributed by atoms with van der Waals surface area (Å²) in [4.78, 5) is 17.8. The first-order valence-electron chi connectivity index (χ1n) is 10.5. The maximum absolute atomic E-state index is 13.2. The van der Waals surface area contributed by atoms with Crippen molar-refractivity contribution >= 4 is 16.1 Å². The molecule has 1 amide bonds. The third-order valence-corrected chi connectivity index (χ3v) is 8.23. The molecule has 9 heteroatoms. The van der Waals surface area contributed by atoms with E-state index in [1.54, 1.807) is 24.1 Å². The van der Waals surface area contributed by atoms with Gasteiger partial charge in [0.2, 0.25) is 10.0 Å². The number of rotatable bonds is 5. The number of fused-ring (bicyclic) bond motifs is 1. The number of carbonyl (C=O) groups excluding carboxylic acids is 1. The van der Waals surface area contributed by atoms with Crippen LogP contribution in [0.1, 0.15) is 48.3 Å². The fourth-order valence-electron chi connectivity index (χ4n) is 4.17. The van der Waals surface area contributed by atoms with E-state index in [-0.39, 0.29) is 19.2 Å². The average Bonchev–Trinajstić information content (AvgIpc) is 3.24. The van der Waals surface area contributed by atoms with Crippen molar-refractivity contribution < 1.29 is 23.1 Å². The highest BCUT2D eigenvalue weighted by Gasteiger charge is 2.38. The van der Waals surface area contributed by atoms with Gasteiger partial charge in [0.05, 0.1) is 17.6 Å². The molecule has 4 rings (SSSR count). The van der Waals surface area contributed by atoms with Gasteiger partial charge in [-0.3, -0.25) is 4.98 Å². The van der Waals surface area contributed by atoms with Gasteiger partial charge in [0, 0.05) is 32.4 Å². The fraction of sp³-hybridized carbons (Fsp3) is 0.455. The zero-order valence-electron chi connectivity index (χ0n) is 17.5. The second kappa shape index (κ2) is 8.94. The van der Waals surface area contributed by atoms with E-state index in [9.17, 15) is 18.3 Å². The Kier molecular flexibility index (Phi) is 6.27. The molecule has 1 N–H and O–H groups in total. The predicted molar refractivity (Wildman–Crippen MR) is 115 cm³/mol. The molecule has 0 bridgehead atoms. The van der Waals surface area contributed by atoms with E-state index in [0.29, 0.717) is 38.2 Å². The van der Waals surface area contributed by atoms with Gasteiger partial charge in [-0.25, -0.2) is 13.2 Å². The Morgan fingerprint density at radius 3 is 2.55 bits per heavy atom. The van der Waals surface area contributed by atoms with E-state index >= 15 is 0 Å². The molecule has 166 valence electrons. The molecule has 1 unspecified atom stereocenters. The fourth-order valence-corrected chi connectivity index (χ4v) is 6.03. The Hall–Kier alpha value is -2.49. The molecule has 0 radical (unpaired) electrons. The molecule has 31 heavy (non-hydrogen) atoms. The lowest BCUT2D eigenvalue weighted by molar-refractivity contribution is 0.0998. The molecule has 1 saturated heterocycles. The minimum Gasteiger partial charge on any atom is -0.450 e. The Balaban J connectivity index is 1.43. The number of pyridine rings is 1. The van der Waals surface area contributed by atoms with Crippen LogP contribution in [0.15, 0.2) is 42.6 Å². The Morgan fingerprint density at radius 1 is 1.19 bits per heavy atom. The van der Waals surface area contributed by atoms with Crippen molar-refractivity contribution in [2.45, 2.75) is 44.2 Å². The van der Waals surface area contributed by atoms with Gasteiger partial charge in [0.15, 0.2) is 0 Å². The van der Waals surface area contributed by atoms with Gasteiger partial charge in [-0.2, -0.15) is 4.31 Å². The summed E-state index contributed by atoms with van der Waals surface area (Å²) in [6.45, 7) is 3.35. The number of hydrogen-bond acceptors (Lipinski definition) is 6. The normalized spacial score (nSPS) is 18.6. The zero-order valence-corrected chi connectivity index (χ0v) is 18.3. The lowest BCUT2D eigenvalue weighted by Gasteiger charge is -2.32. The van der Waals surface area contributed by atoms with Gasteiger partial charge < -0.3 is 14.7 Å². The van der Waals surface area contributed by atoms with Crippen LogP contribution in [0, 0.1) is 0 Å². The third kappa shape index (κ3) is 4.44. The van der Waals surface area contributed by atoms with E-state index in [1.165, 1.54) is 4.31 Å². The highest BCUT2D eigenvalue weighted by molar-refractivity contribution is 7.89. The highest BCUT2D eigenvalue weighted by Crippen LogP contribution is 2.31. The van der Waals surface area contributed by atoms with E-state index in [1.807, 2.05) is 30.3 Å². The molecule has 2 aliphatic rings. The van der Waals surface area contributed by atoms with Crippen molar-refractivity contribution in [2.24, 2.45) is 0 Å². The van der Waals surface area contributed by atoms with E-state index in [0.717, 1.165) is 16.7 Å². The summed E-state index contributed by atoms with van der Waals surface area (Å²) in [7, 11) is -3.51. The molecule has 1 atom stereocenters. The smallest absolute Gasteiger partial charge is 0.409 e. The van der Waals surface area contributed by atoms with Gasteiger partial charge in [-0.05, 0) is 42.5 Å². The monoisotopic (exact) mass is 445 g/mol. The quantitative estimate of drug-likeness (QED) is 0.759. The van der Waals surface area contributed by atoms with Crippen molar-refractivity contribution in [3.05, 3.63) is 65.0 Å². The van der Waals surface area contributed by atoms with Crippen LogP contribution in [0.2, 0.25) is 0 Å². The van der Waals surface area contributed by atoms with Crippen LogP contribution in [0.25, 0.3) is 0 Å². The first kappa shape index (κ1) is 21.7. The number of aromatic nitrogens is 1. The molecule has 2 aromatic rings. The predicted octanol–water partition coefficient (Wildman–Crippen LogP) is 2.43. The molecule has 0 saturated carbocycles. The highest BCUT2D eigenvalue weighted by atomic mass is 32.2. The van der Waals surface area contributed by atoms with Crippen LogP contribution in [0.4, 0.5) is 4.79 Å². The topological polar surface area (TPSA) is 100 Å². The summed E-state index contributed by atoms with van der Waals surface area (Å²) in [5, 5.41) is 10.1. The van der Waals surface area contributed by atoms with E-state index in [4.69, 9.17) is 4.74 Å². The van der Waals surface area contributed by atoms with E-state index < -0.39 is 21.4 Å². The maximum Gasteiger partial charge on any atom is 0.409 e. The number of nitrogens with zero attached hydrogens (tertiary/aromatic N) is 3. The summed E-state index contributed by atoms with van der Waals surface area (Å²) >= 11 is 0. The molecule has 2 aliphatic heterocycles. The first-order chi connectivity index (χ1) is 14.9. The Bertz CT molecular complexity index is 1040. The van der Waals surface area contributed by atoms with Crippen LogP contribution in [0.5, 0.6) is 0 Å². The number of amides is 1. The van der Waals surface area contributed by atoms with Gasteiger partial charge in [0.25, 0.3) is 0 Å². The Labute approximate surface area is 182 Å². The minimum absolute atomic E-state index is 0.271. The van der Waals surface area contributed by atoms with Gasteiger partial charge in [-0.1, -0.05) is 30.3 Å². The van der Waals surface area contributed by atoms with Crippen LogP contribution >= 0.6 is 0 Å². The number of ether oxygens (including phenoxy) is 1. The lowest BCUT2D eigenvalue weighted by atomic mass is 10.0. The van der Waals surface area contributed by atoms with Crippen LogP contribution in [-0.2, 0) is 27.8 Å². The van der Waals surface area contributed by atoms with Crippen molar-refractivity contribution in [1.82, 2.24) is 14.2 Å². The molecule has 1 aromatic carbocycles. The molecule has 3 heterocycles. The summed E-state index contributed by atoms with van der Waals surface area (Å²) < 4.78 is 32.9. The summed E-state index contributed by atoms with van der Waals surface area (Å²) in [6.07, 6.45) is 1.20. The average molecular weight is 446 g/mol. The van der Waals surface area contributed by atoms with Crippen LogP contribution in [-0.4, -0.2) is 58.8 Å². The van der Waals surface area contributed by atoms with E-state index in [2.05, 4.69) is 4.98 Å². The molecule has 0 spiro atoms. The largest absolute Gasteiger partial charge is 0.450 e. The van der Waals surface area contributed by atoms with Gasteiger partial charge in [-0.15, -0.1) is 0 Å². The molecular weight excluding hydrogens is 418 g/mol. The SMILES string of the molecule is CCOC(=O)N1CCC(S(=O)(=O)N2Cc3cnc(C(O)c4ccccc4)cc3C2)CC1. The van der Waals surface area contributed by atoms with Crippen molar-refractivity contribution in [1.29, 1.82) is 0 Å². The molecular formula is C22H27N3O5S. The van der Waals surface area contributed by atoms with Crippen LogP contribution in [0.3, 0.4) is 0 Å². The summed E-state index contributed by atoms with van der Waals surface area (Å²) in [5.41, 5.74) is 2.97. The summed E-state index contributed by atoms with van der Waals surface area (Å²) in [5.74, 6) is 0. The first-order valence-corrected chi connectivity index (χ1v) is 12.0. The third-order valence-electron chi connectivity index (χ3n) is 5.94. The molecule has 1 fully saturated rings. The molecule has 1 aromatic heterocycles. The second-order valence-corrected chi connectivity index (χ2v) is 10.1. The second-order valence-electron chi connectivity index (χ2n) is 7.89. The number of aliphatic hydroxyl groups is 1. The minimum atomic E-state index is -3.51. The summed E-state index contributed by atoms with van der Waals surface area (Å²) in [6, 6.07) is 11.1. The number of aliphatic hydroxyl groups excluding tert-OH is 1.